The van der Waals surface area contributed by atoms with Crippen molar-refractivity contribution in [1.29, 1.82) is 0 Å². The van der Waals surface area contributed by atoms with E-state index in [0.29, 0.717) is 0 Å². The zero-order valence-corrected chi connectivity index (χ0v) is 8.42. The van der Waals surface area contributed by atoms with Gasteiger partial charge in [0.2, 0.25) is 5.56 Å². The average molecular weight is 187 g/mol. The minimum Gasteiger partial charge on any atom is -0.322 e. The second kappa shape index (κ2) is 3.29. The van der Waals surface area contributed by atoms with E-state index in [-0.39, 0.29) is 5.56 Å². The smallest absolute Gasteiger partial charge is 0.248 e. The van der Waals surface area contributed by atoms with E-state index in [2.05, 4.69) is 24.9 Å². The summed E-state index contributed by atoms with van der Waals surface area (Å²) in [6.45, 7) is 4.23. The van der Waals surface area contributed by atoms with E-state index in [9.17, 15) is 4.79 Å². The van der Waals surface area contributed by atoms with Crippen molar-refractivity contribution < 1.29 is 0 Å². The van der Waals surface area contributed by atoms with E-state index in [1.54, 1.807) is 6.07 Å². The number of hydrogen-bond donors (Lipinski definition) is 1. The number of fused-ring (bicyclic) bond motifs is 1. The SMILES string of the molecule is CCc1c(C)ccc2[nH]c(=O)ccc12. The lowest BCUT2D eigenvalue weighted by Gasteiger charge is -2.07. The fourth-order valence-electron chi connectivity index (χ4n) is 1.88. The number of H-pyrrole nitrogens is 1. The molecule has 2 heteroatoms. The Hall–Kier alpha value is -1.57. The Morgan fingerprint density at radius 1 is 1.21 bits per heavy atom. The van der Waals surface area contributed by atoms with Gasteiger partial charge in [-0.1, -0.05) is 13.0 Å². The lowest BCUT2D eigenvalue weighted by molar-refractivity contribution is 1.12. The zero-order chi connectivity index (χ0) is 10.1. The molecule has 1 aromatic carbocycles. The summed E-state index contributed by atoms with van der Waals surface area (Å²) in [5.74, 6) is 0. The Balaban J connectivity index is 2.88. The van der Waals surface area contributed by atoms with E-state index in [4.69, 9.17) is 0 Å². The molecule has 14 heavy (non-hydrogen) atoms. The van der Waals surface area contributed by atoms with Crippen LogP contribution < -0.4 is 5.56 Å². The standard InChI is InChI=1S/C12H13NO/c1-3-9-8(2)4-6-11-10(9)5-7-12(14)13-11/h4-7H,3H2,1-2H3,(H,13,14). The fraction of sp³-hybridized carbons (Fsp3) is 0.250. The average Bonchev–Trinajstić information content (AvgIpc) is 2.18. The van der Waals surface area contributed by atoms with E-state index >= 15 is 0 Å². The Kier molecular flexibility index (Phi) is 2.12. The molecule has 1 aromatic heterocycles. The number of benzene rings is 1. The molecule has 0 aliphatic carbocycles. The van der Waals surface area contributed by atoms with Gasteiger partial charge in [-0.3, -0.25) is 4.79 Å². The topological polar surface area (TPSA) is 32.9 Å². The first kappa shape index (κ1) is 9.00. The molecule has 0 unspecified atom stereocenters. The quantitative estimate of drug-likeness (QED) is 0.730. The van der Waals surface area contributed by atoms with E-state index < -0.39 is 0 Å². The van der Waals surface area contributed by atoms with Crippen LogP contribution in [0.5, 0.6) is 0 Å². The second-order valence-corrected chi connectivity index (χ2v) is 3.50. The highest BCUT2D eigenvalue weighted by Gasteiger charge is 2.02. The summed E-state index contributed by atoms with van der Waals surface area (Å²) >= 11 is 0. The van der Waals surface area contributed by atoms with E-state index in [0.717, 1.165) is 17.3 Å². The van der Waals surface area contributed by atoms with Gasteiger partial charge < -0.3 is 4.98 Å². The Labute approximate surface area is 82.6 Å². The molecule has 72 valence electrons. The van der Waals surface area contributed by atoms with Gasteiger partial charge in [-0.05, 0) is 36.6 Å². The Morgan fingerprint density at radius 3 is 2.71 bits per heavy atom. The molecule has 1 heterocycles. The van der Waals surface area contributed by atoms with Crippen LogP contribution in [0, 0.1) is 6.92 Å². The normalized spacial score (nSPS) is 10.7. The lowest BCUT2D eigenvalue weighted by atomic mass is 10.0. The number of aryl methyl sites for hydroxylation is 2. The predicted molar refractivity (Wildman–Crippen MR) is 58.7 cm³/mol. The molecule has 0 aliphatic heterocycles. The Bertz CT molecular complexity index is 525. The predicted octanol–water partition coefficient (Wildman–Crippen LogP) is 2.40. The summed E-state index contributed by atoms with van der Waals surface area (Å²) < 4.78 is 0. The van der Waals surface area contributed by atoms with Gasteiger partial charge >= 0.3 is 0 Å². The van der Waals surface area contributed by atoms with Gasteiger partial charge in [0, 0.05) is 17.0 Å². The lowest BCUT2D eigenvalue weighted by Crippen LogP contribution is -2.03. The number of aromatic nitrogens is 1. The summed E-state index contributed by atoms with van der Waals surface area (Å²) in [6.07, 6.45) is 0.995. The summed E-state index contributed by atoms with van der Waals surface area (Å²) in [4.78, 5) is 13.9. The first-order valence-corrected chi connectivity index (χ1v) is 4.84. The maximum absolute atomic E-state index is 11.1. The van der Waals surface area contributed by atoms with Crippen LogP contribution in [0.1, 0.15) is 18.1 Å². The van der Waals surface area contributed by atoms with Gasteiger partial charge in [-0.2, -0.15) is 0 Å². The van der Waals surface area contributed by atoms with Crippen molar-refractivity contribution in [1.82, 2.24) is 4.98 Å². The summed E-state index contributed by atoms with van der Waals surface area (Å²) in [5, 5.41) is 1.16. The molecular formula is C12H13NO. The van der Waals surface area contributed by atoms with Gasteiger partial charge in [0.25, 0.3) is 0 Å². The van der Waals surface area contributed by atoms with Crippen molar-refractivity contribution in [3.8, 4) is 0 Å². The molecule has 0 bridgehead atoms. The van der Waals surface area contributed by atoms with Crippen molar-refractivity contribution in [3.63, 3.8) is 0 Å². The highest BCUT2D eigenvalue weighted by molar-refractivity contribution is 5.83. The van der Waals surface area contributed by atoms with Gasteiger partial charge in [-0.15, -0.1) is 0 Å². The second-order valence-electron chi connectivity index (χ2n) is 3.50. The number of rotatable bonds is 1. The highest BCUT2D eigenvalue weighted by atomic mass is 16.1. The molecule has 0 saturated carbocycles. The molecule has 0 fully saturated rings. The van der Waals surface area contributed by atoms with Crippen LogP contribution in [0.2, 0.25) is 0 Å². The third kappa shape index (κ3) is 1.33. The number of hydrogen-bond acceptors (Lipinski definition) is 1. The molecule has 1 N–H and O–H groups in total. The molecule has 0 spiro atoms. The monoisotopic (exact) mass is 187 g/mol. The van der Waals surface area contributed by atoms with Crippen molar-refractivity contribution in [2.24, 2.45) is 0 Å². The van der Waals surface area contributed by atoms with Crippen LogP contribution in [0.3, 0.4) is 0 Å². The maximum Gasteiger partial charge on any atom is 0.248 e. The zero-order valence-electron chi connectivity index (χ0n) is 8.42. The van der Waals surface area contributed by atoms with Crippen LogP contribution in [-0.4, -0.2) is 4.98 Å². The molecule has 2 nitrogen and oxygen atoms in total. The van der Waals surface area contributed by atoms with E-state index in [1.807, 2.05) is 12.1 Å². The summed E-state index contributed by atoms with van der Waals surface area (Å²) in [7, 11) is 0. The molecule has 0 amide bonds. The number of pyridine rings is 1. The van der Waals surface area contributed by atoms with Gasteiger partial charge in [-0.25, -0.2) is 0 Å². The third-order valence-corrected chi connectivity index (χ3v) is 2.60. The maximum atomic E-state index is 11.1. The molecule has 0 radical (unpaired) electrons. The molecule has 0 aliphatic rings. The van der Waals surface area contributed by atoms with Crippen LogP contribution in [0.4, 0.5) is 0 Å². The van der Waals surface area contributed by atoms with Crippen molar-refractivity contribution in [2.45, 2.75) is 20.3 Å². The van der Waals surface area contributed by atoms with Crippen molar-refractivity contribution in [2.75, 3.05) is 0 Å². The van der Waals surface area contributed by atoms with Crippen LogP contribution in [-0.2, 0) is 6.42 Å². The van der Waals surface area contributed by atoms with Crippen LogP contribution in [0.25, 0.3) is 10.9 Å². The van der Waals surface area contributed by atoms with Gasteiger partial charge in [0.1, 0.15) is 0 Å². The van der Waals surface area contributed by atoms with Gasteiger partial charge in [0.05, 0.1) is 0 Å². The summed E-state index contributed by atoms with van der Waals surface area (Å²) in [6, 6.07) is 7.50. The third-order valence-electron chi connectivity index (χ3n) is 2.60. The van der Waals surface area contributed by atoms with Crippen LogP contribution >= 0.6 is 0 Å². The highest BCUT2D eigenvalue weighted by Crippen LogP contribution is 2.19. The summed E-state index contributed by atoms with van der Waals surface area (Å²) in [5.41, 5.74) is 3.49. The Morgan fingerprint density at radius 2 is 2.00 bits per heavy atom. The molecule has 0 saturated heterocycles. The van der Waals surface area contributed by atoms with Gasteiger partial charge in [0.15, 0.2) is 0 Å². The molecule has 2 aromatic rings. The number of aromatic amines is 1. The molecular weight excluding hydrogens is 174 g/mol. The fourth-order valence-corrected chi connectivity index (χ4v) is 1.88. The molecule has 0 atom stereocenters. The number of nitrogens with one attached hydrogen (secondary N) is 1. The van der Waals surface area contributed by atoms with E-state index in [1.165, 1.54) is 11.1 Å². The van der Waals surface area contributed by atoms with Crippen LogP contribution in [0.15, 0.2) is 29.1 Å². The van der Waals surface area contributed by atoms with Crippen molar-refractivity contribution >= 4 is 10.9 Å². The minimum absolute atomic E-state index is 0.0385. The first-order chi connectivity index (χ1) is 6.72. The largest absolute Gasteiger partial charge is 0.322 e. The van der Waals surface area contributed by atoms with Crippen molar-refractivity contribution in [3.05, 3.63) is 45.7 Å². The first-order valence-electron chi connectivity index (χ1n) is 4.84. The minimum atomic E-state index is -0.0385. The molecule has 2 rings (SSSR count).